The van der Waals surface area contributed by atoms with E-state index < -0.39 is 0 Å². The Balaban J connectivity index is 1.64. The number of benzene rings is 4. The van der Waals surface area contributed by atoms with Gasteiger partial charge in [-0.25, -0.2) is 4.39 Å². The number of para-hydroxylation sites is 2. The topological polar surface area (TPSA) is 8.81 Å². The van der Waals surface area contributed by atoms with Gasteiger partial charge in [-0.1, -0.05) is 48.0 Å². The molecule has 4 heteroatoms. The highest BCUT2D eigenvalue weighted by atomic mass is 32.1. The largest absolute Gasteiger partial charge is 0.306 e. The van der Waals surface area contributed by atoms with Crippen molar-refractivity contribution in [2.75, 3.05) is 0 Å². The Morgan fingerprint density at radius 1 is 0.811 bits per heavy atom. The van der Waals surface area contributed by atoms with Crippen LogP contribution in [0.5, 0.6) is 0 Å². The lowest BCUT2D eigenvalue weighted by atomic mass is 9.96. The molecule has 0 saturated carbocycles. The zero-order chi connectivity index (χ0) is 25.4. The van der Waals surface area contributed by atoms with Crippen molar-refractivity contribution in [3.8, 4) is 16.9 Å². The number of hydrogen-bond acceptors (Lipinski definition) is 1. The van der Waals surface area contributed by atoms with E-state index in [-0.39, 0.29) is 5.82 Å². The lowest BCUT2D eigenvalue weighted by Crippen LogP contribution is -2.30. The van der Waals surface area contributed by atoms with Crippen molar-refractivity contribution < 1.29 is 8.96 Å². The number of fused-ring (bicyclic) bond motifs is 6. The second-order valence-corrected chi connectivity index (χ2v) is 11.1. The van der Waals surface area contributed by atoms with E-state index in [1.807, 2.05) is 29.5 Å². The molecule has 0 amide bonds. The van der Waals surface area contributed by atoms with Gasteiger partial charge in [-0.3, -0.25) is 0 Å². The van der Waals surface area contributed by atoms with E-state index >= 15 is 4.39 Å². The van der Waals surface area contributed by atoms with Crippen molar-refractivity contribution >= 4 is 53.3 Å². The van der Waals surface area contributed by atoms with Crippen LogP contribution in [-0.4, -0.2) is 4.57 Å². The van der Waals surface area contributed by atoms with Crippen LogP contribution in [0.3, 0.4) is 0 Å². The van der Waals surface area contributed by atoms with Gasteiger partial charge in [-0.2, -0.15) is 4.57 Å². The summed E-state index contributed by atoms with van der Waals surface area (Å²) in [4.78, 5) is 0. The molecular formula is C33H26FN2S+. The van der Waals surface area contributed by atoms with E-state index in [0.717, 1.165) is 27.4 Å². The maximum absolute atomic E-state index is 15.4. The van der Waals surface area contributed by atoms with Crippen molar-refractivity contribution in [2.45, 2.75) is 20.8 Å². The molecule has 7 aromatic rings. The van der Waals surface area contributed by atoms with Crippen molar-refractivity contribution in [3.63, 3.8) is 0 Å². The van der Waals surface area contributed by atoms with E-state index in [1.54, 1.807) is 12.1 Å². The summed E-state index contributed by atoms with van der Waals surface area (Å²) in [7, 11) is 2.12. The van der Waals surface area contributed by atoms with Crippen LogP contribution in [0.2, 0.25) is 0 Å². The van der Waals surface area contributed by atoms with E-state index in [9.17, 15) is 0 Å². The minimum atomic E-state index is -0.205. The number of nitrogens with zero attached hydrogens (tertiary/aromatic N) is 2. The quantitative estimate of drug-likeness (QED) is 0.210. The molecule has 2 nitrogen and oxygen atoms in total. The SMILES string of the molecule is Cc1cc(C)c(C)c(-c2c3sc4cccc(-n5c6ccccc6c6cccc(F)c65)c4c3cc[n+]2C)c1. The smallest absolute Gasteiger partial charge is 0.230 e. The molecule has 3 heterocycles. The normalized spacial score (nSPS) is 11.9. The Morgan fingerprint density at radius 3 is 2.46 bits per heavy atom. The highest BCUT2D eigenvalue weighted by Crippen LogP contribution is 2.44. The molecule has 0 aliphatic rings. The second kappa shape index (κ2) is 7.99. The summed E-state index contributed by atoms with van der Waals surface area (Å²) < 4.78 is 22.2. The molecule has 180 valence electrons. The molecule has 4 aromatic carbocycles. The van der Waals surface area contributed by atoms with Gasteiger partial charge in [0.25, 0.3) is 0 Å². The van der Waals surface area contributed by atoms with Gasteiger partial charge in [0.1, 0.15) is 17.6 Å². The van der Waals surface area contributed by atoms with Crippen LogP contribution in [0.15, 0.2) is 85.1 Å². The van der Waals surface area contributed by atoms with Gasteiger partial charge in [0.05, 0.1) is 22.3 Å². The van der Waals surface area contributed by atoms with Crippen LogP contribution in [0.25, 0.3) is 58.9 Å². The minimum Gasteiger partial charge on any atom is -0.306 e. The lowest BCUT2D eigenvalue weighted by Gasteiger charge is -2.11. The lowest BCUT2D eigenvalue weighted by molar-refractivity contribution is -0.659. The fraction of sp³-hybridized carbons (Fsp3) is 0.121. The number of aromatic nitrogens is 2. The average molecular weight is 502 g/mol. The maximum Gasteiger partial charge on any atom is 0.230 e. The van der Waals surface area contributed by atoms with E-state index in [0.29, 0.717) is 5.52 Å². The molecule has 0 unspecified atom stereocenters. The van der Waals surface area contributed by atoms with Gasteiger partial charge >= 0.3 is 0 Å². The second-order valence-electron chi connectivity index (χ2n) is 10.0. The molecule has 37 heavy (non-hydrogen) atoms. The fourth-order valence-electron chi connectivity index (χ4n) is 5.92. The van der Waals surface area contributed by atoms with Crippen LogP contribution in [0.4, 0.5) is 4.39 Å². The maximum atomic E-state index is 15.4. The first-order valence-corrected chi connectivity index (χ1v) is 13.4. The first kappa shape index (κ1) is 22.2. The molecule has 7 rings (SSSR count). The third-order valence-electron chi connectivity index (χ3n) is 7.72. The van der Waals surface area contributed by atoms with Crippen molar-refractivity contribution in [2.24, 2.45) is 7.05 Å². The van der Waals surface area contributed by atoms with Crippen LogP contribution in [0.1, 0.15) is 16.7 Å². The van der Waals surface area contributed by atoms with Gasteiger partial charge in [-0.15, -0.1) is 11.3 Å². The van der Waals surface area contributed by atoms with Crippen LogP contribution >= 0.6 is 11.3 Å². The molecule has 0 saturated heterocycles. The van der Waals surface area contributed by atoms with Gasteiger partial charge < -0.3 is 4.57 Å². The highest BCUT2D eigenvalue weighted by molar-refractivity contribution is 7.26. The van der Waals surface area contributed by atoms with Gasteiger partial charge in [-0.05, 0) is 62.2 Å². The predicted octanol–water partition coefficient (Wildman–Crippen LogP) is 8.71. The molecule has 0 bridgehead atoms. The van der Waals surface area contributed by atoms with Gasteiger partial charge in [0, 0.05) is 32.3 Å². The summed E-state index contributed by atoms with van der Waals surface area (Å²) in [5, 5.41) is 4.36. The zero-order valence-electron chi connectivity index (χ0n) is 21.3. The minimum absolute atomic E-state index is 0.205. The van der Waals surface area contributed by atoms with Crippen LogP contribution in [-0.2, 0) is 7.05 Å². The number of hydrogen-bond donors (Lipinski definition) is 0. The number of thiophene rings is 1. The summed E-state index contributed by atoms with van der Waals surface area (Å²) >= 11 is 1.82. The molecule has 0 aliphatic heterocycles. The van der Waals surface area contributed by atoms with E-state index in [2.05, 4.69) is 91.7 Å². The summed E-state index contributed by atoms with van der Waals surface area (Å²) in [5.74, 6) is -0.205. The molecule has 0 radical (unpaired) electrons. The Morgan fingerprint density at radius 2 is 1.59 bits per heavy atom. The molecule has 0 fully saturated rings. The van der Waals surface area contributed by atoms with Crippen molar-refractivity contribution in [1.29, 1.82) is 0 Å². The molecule has 0 spiro atoms. The Labute approximate surface area is 218 Å². The summed E-state index contributed by atoms with van der Waals surface area (Å²) in [6, 6.07) is 26.8. The number of aryl methyl sites for hydroxylation is 3. The predicted molar refractivity (Wildman–Crippen MR) is 154 cm³/mol. The Bertz CT molecular complexity index is 2040. The first-order valence-electron chi connectivity index (χ1n) is 12.5. The molecule has 3 aromatic heterocycles. The van der Waals surface area contributed by atoms with Crippen molar-refractivity contribution in [3.05, 3.63) is 108 Å². The molecule has 0 atom stereocenters. The number of rotatable bonds is 2. The van der Waals surface area contributed by atoms with Crippen LogP contribution in [0, 0.1) is 26.6 Å². The Hall–Kier alpha value is -4.02. The van der Waals surface area contributed by atoms with Gasteiger partial charge in [0.15, 0.2) is 6.20 Å². The summed E-state index contributed by atoms with van der Waals surface area (Å²) in [6.07, 6.45) is 2.16. The van der Waals surface area contributed by atoms with E-state index in [1.165, 1.54) is 42.7 Å². The van der Waals surface area contributed by atoms with E-state index in [4.69, 9.17) is 0 Å². The van der Waals surface area contributed by atoms with Gasteiger partial charge in [0.2, 0.25) is 5.69 Å². The average Bonchev–Trinajstić information content (AvgIpc) is 3.43. The summed E-state index contributed by atoms with van der Waals surface area (Å²) in [6.45, 7) is 6.56. The molecule has 0 aliphatic carbocycles. The number of halogens is 1. The summed E-state index contributed by atoms with van der Waals surface area (Å²) in [5.41, 5.74) is 9.01. The number of pyridine rings is 1. The standard InChI is InChI=1S/C33H26FN2S/c1-19-17-20(2)21(3)25(18-19)32-33-24(15-16-35(32)4)30-28(13-8-14-29(30)37-33)36-27-12-6-5-9-22(27)23-10-7-11-26(34)31(23)36/h5-18H,1-4H3/q+1. The monoisotopic (exact) mass is 501 g/mol. The highest BCUT2D eigenvalue weighted by Gasteiger charge is 2.24. The molecule has 0 N–H and O–H groups in total. The van der Waals surface area contributed by atoms with Crippen LogP contribution < -0.4 is 4.57 Å². The fourth-order valence-corrected chi connectivity index (χ4v) is 7.23. The molecular weight excluding hydrogens is 475 g/mol. The zero-order valence-corrected chi connectivity index (χ0v) is 22.1. The van der Waals surface area contributed by atoms with Crippen molar-refractivity contribution in [1.82, 2.24) is 4.57 Å². The Kier molecular flexibility index (Phi) is 4.79. The third kappa shape index (κ3) is 3.12. The first-order chi connectivity index (χ1) is 17.9. The third-order valence-corrected chi connectivity index (χ3v) is 8.89.